The summed E-state index contributed by atoms with van der Waals surface area (Å²) >= 11 is 1.05. The van der Waals surface area contributed by atoms with Crippen molar-refractivity contribution < 1.29 is 18.3 Å². The van der Waals surface area contributed by atoms with E-state index in [1.807, 2.05) is 13.8 Å². The van der Waals surface area contributed by atoms with Crippen molar-refractivity contribution in [2.45, 2.75) is 51.3 Å². The second-order valence-corrected chi connectivity index (χ2v) is 4.99. The summed E-state index contributed by atoms with van der Waals surface area (Å²) in [5, 5.41) is 13.7. The summed E-state index contributed by atoms with van der Waals surface area (Å²) in [6, 6.07) is 0. The Labute approximate surface area is 102 Å². The van der Waals surface area contributed by atoms with Gasteiger partial charge in [-0.2, -0.15) is 13.2 Å². The number of nitrogens with zero attached hydrogens (tertiary/aromatic N) is 2. The van der Waals surface area contributed by atoms with Crippen LogP contribution in [0.3, 0.4) is 0 Å². The summed E-state index contributed by atoms with van der Waals surface area (Å²) in [5.74, 6) is 0.112. The molecule has 0 aliphatic rings. The monoisotopic (exact) mass is 268 g/mol. The Bertz CT molecular complexity index is 352. The SMILES string of the molecule is CC(C)c1nnsc1C(O)CCCC(F)(F)F. The third kappa shape index (κ3) is 4.59. The van der Waals surface area contributed by atoms with Crippen molar-refractivity contribution in [3.05, 3.63) is 10.6 Å². The molecule has 1 heterocycles. The number of aromatic nitrogens is 2. The van der Waals surface area contributed by atoms with Crippen molar-refractivity contribution in [3.8, 4) is 0 Å². The molecule has 17 heavy (non-hydrogen) atoms. The average Bonchev–Trinajstić information content (AvgIpc) is 2.63. The Kier molecular flexibility index (Phi) is 4.88. The van der Waals surface area contributed by atoms with Crippen LogP contribution < -0.4 is 0 Å². The highest BCUT2D eigenvalue weighted by atomic mass is 32.1. The van der Waals surface area contributed by atoms with E-state index >= 15 is 0 Å². The number of halogens is 3. The van der Waals surface area contributed by atoms with Gasteiger partial charge in [0.2, 0.25) is 0 Å². The van der Waals surface area contributed by atoms with Crippen molar-refractivity contribution in [2.24, 2.45) is 0 Å². The largest absolute Gasteiger partial charge is 0.389 e. The highest BCUT2D eigenvalue weighted by Gasteiger charge is 2.27. The van der Waals surface area contributed by atoms with Gasteiger partial charge < -0.3 is 5.11 Å². The Morgan fingerprint density at radius 2 is 2.00 bits per heavy atom. The fourth-order valence-electron chi connectivity index (χ4n) is 1.46. The first-order chi connectivity index (χ1) is 7.81. The molecule has 0 fully saturated rings. The molecule has 0 aromatic carbocycles. The van der Waals surface area contributed by atoms with E-state index in [9.17, 15) is 18.3 Å². The predicted octanol–water partition coefficient (Wildman–Crippen LogP) is 3.43. The molecule has 0 spiro atoms. The van der Waals surface area contributed by atoms with Crippen molar-refractivity contribution in [1.29, 1.82) is 0 Å². The molecule has 98 valence electrons. The summed E-state index contributed by atoms with van der Waals surface area (Å²) in [4.78, 5) is 0.585. The minimum atomic E-state index is -4.16. The van der Waals surface area contributed by atoms with Gasteiger partial charge in [0.25, 0.3) is 0 Å². The molecule has 0 aliphatic carbocycles. The maximum Gasteiger partial charge on any atom is 0.389 e. The normalized spacial score (nSPS) is 14.3. The fraction of sp³-hybridized carbons (Fsp3) is 0.800. The van der Waals surface area contributed by atoms with E-state index in [1.54, 1.807) is 0 Å². The molecule has 0 radical (unpaired) electrons. The molecule has 0 aliphatic heterocycles. The first-order valence-corrected chi connectivity index (χ1v) is 6.15. The summed E-state index contributed by atoms with van der Waals surface area (Å²) < 4.78 is 39.6. The average molecular weight is 268 g/mol. The van der Waals surface area contributed by atoms with E-state index in [4.69, 9.17) is 0 Å². The van der Waals surface area contributed by atoms with Crippen LogP contribution in [-0.4, -0.2) is 20.9 Å². The maximum atomic E-state index is 12.0. The zero-order valence-corrected chi connectivity index (χ0v) is 10.5. The van der Waals surface area contributed by atoms with Crippen LogP contribution in [0.5, 0.6) is 0 Å². The molecule has 1 unspecified atom stereocenters. The lowest BCUT2D eigenvalue weighted by molar-refractivity contribution is -0.136. The Hall–Kier alpha value is -0.690. The van der Waals surface area contributed by atoms with Gasteiger partial charge in [0.1, 0.15) is 0 Å². The van der Waals surface area contributed by atoms with Crippen LogP contribution >= 0.6 is 11.5 Å². The molecule has 0 amide bonds. The van der Waals surface area contributed by atoms with Gasteiger partial charge in [-0.3, -0.25) is 0 Å². The molecular weight excluding hydrogens is 253 g/mol. The molecule has 1 N–H and O–H groups in total. The third-order valence-corrected chi connectivity index (χ3v) is 3.17. The van der Waals surface area contributed by atoms with E-state index in [2.05, 4.69) is 9.59 Å². The van der Waals surface area contributed by atoms with Gasteiger partial charge in [0.05, 0.1) is 16.7 Å². The van der Waals surface area contributed by atoms with E-state index < -0.39 is 18.7 Å². The van der Waals surface area contributed by atoms with Crippen LogP contribution in [0, 0.1) is 0 Å². The van der Waals surface area contributed by atoms with Crippen LogP contribution in [0.2, 0.25) is 0 Å². The molecule has 1 aromatic heterocycles. The summed E-state index contributed by atoms with van der Waals surface area (Å²) in [6.45, 7) is 3.81. The van der Waals surface area contributed by atoms with Gasteiger partial charge in [0, 0.05) is 6.42 Å². The molecule has 0 bridgehead atoms. The summed E-state index contributed by atoms with van der Waals surface area (Å²) in [6.07, 6.45) is -5.92. The summed E-state index contributed by atoms with van der Waals surface area (Å²) in [5.41, 5.74) is 0.675. The van der Waals surface area contributed by atoms with E-state index in [1.165, 1.54) is 0 Å². The van der Waals surface area contributed by atoms with Crippen molar-refractivity contribution >= 4 is 11.5 Å². The highest BCUT2D eigenvalue weighted by Crippen LogP contribution is 2.31. The van der Waals surface area contributed by atoms with Gasteiger partial charge in [-0.05, 0) is 30.3 Å². The zero-order chi connectivity index (χ0) is 13.1. The van der Waals surface area contributed by atoms with E-state index in [0.717, 1.165) is 11.5 Å². The first-order valence-electron chi connectivity index (χ1n) is 5.38. The molecule has 0 saturated heterocycles. The number of hydrogen-bond acceptors (Lipinski definition) is 4. The second-order valence-electron chi connectivity index (χ2n) is 4.20. The number of hydrogen-bond donors (Lipinski definition) is 1. The van der Waals surface area contributed by atoms with Crippen LogP contribution in [0.15, 0.2) is 0 Å². The van der Waals surface area contributed by atoms with Crippen molar-refractivity contribution in [1.82, 2.24) is 9.59 Å². The Morgan fingerprint density at radius 3 is 2.53 bits per heavy atom. The van der Waals surface area contributed by atoms with Crippen molar-refractivity contribution in [2.75, 3.05) is 0 Å². The zero-order valence-electron chi connectivity index (χ0n) is 9.66. The van der Waals surface area contributed by atoms with Gasteiger partial charge in [-0.15, -0.1) is 5.10 Å². The van der Waals surface area contributed by atoms with E-state index in [0.29, 0.717) is 10.6 Å². The predicted molar refractivity (Wildman–Crippen MR) is 58.9 cm³/mol. The first kappa shape index (κ1) is 14.4. The molecule has 1 aromatic rings. The van der Waals surface area contributed by atoms with Gasteiger partial charge in [-0.25, -0.2) is 0 Å². The Morgan fingerprint density at radius 1 is 1.35 bits per heavy atom. The van der Waals surface area contributed by atoms with E-state index in [-0.39, 0.29) is 18.8 Å². The number of aliphatic hydroxyl groups is 1. The summed E-state index contributed by atoms with van der Waals surface area (Å²) in [7, 11) is 0. The quantitative estimate of drug-likeness (QED) is 0.890. The van der Waals surface area contributed by atoms with Crippen molar-refractivity contribution in [3.63, 3.8) is 0 Å². The molecule has 3 nitrogen and oxygen atoms in total. The molecular formula is C10H15F3N2OS. The molecule has 0 saturated carbocycles. The number of rotatable bonds is 5. The fourth-order valence-corrected chi connectivity index (χ4v) is 2.29. The Balaban J connectivity index is 2.52. The highest BCUT2D eigenvalue weighted by molar-refractivity contribution is 7.05. The number of alkyl halides is 3. The number of aliphatic hydroxyl groups excluding tert-OH is 1. The molecule has 1 atom stereocenters. The molecule has 1 rings (SSSR count). The molecule has 7 heteroatoms. The lowest BCUT2D eigenvalue weighted by Crippen LogP contribution is -2.08. The standard InChI is InChI=1S/C10H15F3N2OS/c1-6(2)8-9(17-15-14-8)7(16)4-3-5-10(11,12)13/h6-7,16H,3-5H2,1-2H3. The topological polar surface area (TPSA) is 46.0 Å². The van der Waals surface area contributed by atoms with Gasteiger partial charge in [0.15, 0.2) is 0 Å². The van der Waals surface area contributed by atoms with Crippen LogP contribution in [0.1, 0.15) is 55.7 Å². The minimum absolute atomic E-state index is 0.0832. The third-order valence-electron chi connectivity index (χ3n) is 2.33. The second kappa shape index (κ2) is 5.77. The maximum absolute atomic E-state index is 12.0. The smallest absolute Gasteiger partial charge is 0.387 e. The minimum Gasteiger partial charge on any atom is -0.387 e. The van der Waals surface area contributed by atoms with Gasteiger partial charge >= 0.3 is 6.18 Å². The lowest BCUT2D eigenvalue weighted by atomic mass is 10.0. The van der Waals surface area contributed by atoms with Gasteiger partial charge in [-0.1, -0.05) is 18.3 Å². The van der Waals surface area contributed by atoms with Crippen LogP contribution in [0.4, 0.5) is 13.2 Å². The van der Waals surface area contributed by atoms with Crippen LogP contribution in [0.25, 0.3) is 0 Å². The van der Waals surface area contributed by atoms with Crippen LogP contribution in [-0.2, 0) is 0 Å². The lowest BCUT2D eigenvalue weighted by Gasteiger charge is -2.12.